The molecule has 0 unspecified atom stereocenters. The predicted molar refractivity (Wildman–Crippen MR) is 96.9 cm³/mol. The molecule has 2 aromatic carbocycles. The van der Waals surface area contributed by atoms with E-state index < -0.39 is 22.7 Å². The van der Waals surface area contributed by atoms with Crippen LogP contribution in [-0.4, -0.2) is 12.5 Å². The van der Waals surface area contributed by atoms with Crippen LogP contribution in [0.5, 0.6) is 0 Å². The summed E-state index contributed by atoms with van der Waals surface area (Å²) in [6.07, 6.45) is -2.73. The van der Waals surface area contributed by atoms with Crippen LogP contribution in [0.3, 0.4) is 0 Å². The molecule has 2 rings (SSSR count). The lowest BCUT2D eigenvalue weighted by Crippen LogP contribution is -2.18. The van der Waals surface area contributed by atoms with Crippen LogP contribution in [0.25, 0.3) is 0 Å². The maximum absolute atomic E-state index is 12.9. The Labute approximate surface area is 159 Å². The summed E-state index contributed by atoms with van der Waals surface area (Å²) in [5.74, 6) is -0.819. The molecule has 2 N–H and O–H groups in total. The summed E-state index contributed by atoms with van der Waals surface area (Å²) >= 11 is 5.54. The second-order valence-electron chi connectivity index (χ2n) is 5.51. The molecule has 0 heterocycles. The second kappa shape index (κ2) is 9.10. The van der Waals surface area contributed by atoms with Gasteiger partial charge in [0, 0.05) is 18.4 Å². The number of hydrogen-bond acceptors (Lipinski definition) is 3. The highest BCUT2D eigenvalue weighted by atomic mass is 35.5. The molecular formula is C19H15ClF3N3O. The summed E-state index contributed by atoms with van der Waals surface area (Å²) in [5, 5.41) is 13.7. The molecule has 0 spiro atoms. The van der Waals surface area contributed by atoms with E-state index in [1.54, 1.807) is 6.07 Å². The first-order valence-corrected chi connectivity index (χ1v) is 8.24. The Morgan fingerprint density at radius 3 is 2.52 bits per heavy atom. The number of rotatable bonds is 6. The van der Waals surface area contributed by atoms with Crippen molar-refractivity contribution < 1.29 is 18.0 Å². The standard InChI is InChI=1S/C19H15ClF3N3O/c20-17-7-6-15(10-16(17)19(21,22)23)26-18(27)14(11-24)12-25-9-8-13-4-2-1-3-5-13/h1-7,10,12,25H,8-9H2,(H,26,27)/b14-12-. The number of hydrogen-bond donors (Lipinski definition) is 2. The predicted octanol–water partition coefficient (Wildman–Crippen LogP) is 4.54. The van der Waals surface area contributed by atoms with Gasteiger partial charge in [0.15, 0.2) is 0 Å². The van der Waals surface area contributed by atoms with E-state index in [1.807, 2.05) is 30.3 Å². The third kappa shape index (κ3) is 6.04. The average molecular weight is 394 g/mol. The molecule has 0 aliphatic carbocycles. The summed E-state index contributed by atoms with van der Waals surface area (Å²) in [4.78, 5) is 12.1. The molecular weight excluding hydrogens is 379 g/mol. The van der Waals surface area contributed by atoms with Crippen molar-refractivity contribution in [1.29, 1.82) is 5.26 Å². The molecule has 0 aliphatic rings. The molecule has 0 bridgehead atoms. The van der Waals surface area contributed by atoms with Crippen LogP contribution in [0.15, 0.2) is 60.3 Å². The number of carbonyl (C=O) groups is 1. The number of alkyl halides is 3. The van der Waals surface area contributed by atoms with E-state index in [4.69, 9.17) is 16.9 Å². The Bertz CT molecular complexity index is 874. The average Bonchev–Trinajstić information content (AvgIpc) is 2.63. The molecule has 140 valence electrons. The number of halogens is 4. The number of carbonyl (C=O) groups excluding carboxylic acids is 1. The highest BCUT2D eigenvalue weighted by molar-refractivity contribution is 6.31. The number of benzene rings is 2. The lowest BCUT2D eigenvalue weighted by Gasteiger charge is -2.11. The molecule has 27 heavy (non-hydrogen) atoms. The van der Waals surface area contributed by atoms with Gasteiger partial charge < -0.3 is 10.6 Å². The highest BCUT2D eigenvalue weighted by Crippen LogP contribution is 2.36. The zero-order valence-electron chi connectivity index (χ0n) is 14.0. The van der Waals surface area contributed by atoms with Crippen LogP contribution in [0.1, 0.15) is 11.1 Å². The summed E-state index contributed by atoms with van der Waals surface area (Å²) < 4.78 is 38.6. The first-order chi connectivity index (χ1) is 12.8. The van der Waals surface area contributed by atoms with E-state index in [0.717, 1.165) is 17.7 Å². The van der Waals surface area contributed by atoms with Crippen molar-refractivity contribution in [2.24, 2.45) is 0 Å². The minimum absolute atomic E-state index is 0.109. The zero-order chi connectivity index (χ0) is 19.9. The van der Waals surface area contributed by atoms with Crippen LogP contribution in [0, 0.1) is 11.3 Å². The highest BCUT2D eigenvalue weighted by Gasteiger charge is 2.33. The Morgan fingerprint density at radius 1 is 1.19 bits per heavy atom. The quantitative estimate of drug-likeness (QED) is 0.430. The number of nitriles is 1. The third-order valence-electron chi connectivity index (χ3n) is 3.54. The largest absolute Gasteiger partial charge is 0.417 e. The zero-order valence-corrected chi connectivity index (χ0v) is 14.7. The normalized spacial score (nSPS) is 11.6. The van der Waals surface area contributed by atoms with Gasteiger partial charge in [0.25, 0.3) is 5.91 Å². The Morgan fingerprint density at radius 2 is 1.89 bits per heavy atom. The number of nitrogens with one attached hydrogen (secondary N) is 2. The monoisotopic (exact) mass is 393 g/mol. The van der Waals surface area contributed by atoms with Crippen molar-refractivity contribution in [3.05, 3.63) is 76.5 Å². The molecule has 4 nitrogen and oxygen atoms in total. The maximum Gasteiger partial charge on any atom is 0.417 e. The van der Waals surface area contributed by atoms with Crippen molar-refractivity contribution in [2.75, 3.05) is 11.9 Å². The summed E-state index contributed by atoms with van der Waals surface area (Å²) in [6, 6.07) is 14.3. The molecule has 0 fully saturated rings. The minimum atomic E-state index is -4.65. The van der Waals surface area contributed by atoms with Crippen molar-refractivity contribution in [1.82, 2.24) is 5.32 Å². The van der Waals surface area contributed by atoms with Gasteiger partial charge in [-0.15, -0.1) is 0 Å². The van der Waals surface area contributed by atoms with Gasteiger partial charge in [-0.25, -0.2) is 0 Å². The molecule has 0 saturated heterocycles. The fourth-order valence-corrected chi connectivity index (χ4v) is 2.43. The molecule has 0 atom stereocenters. The maximum atomic E-state index is 12.9. The van der Waals surface area contributed by atoms with E-state index in [1.165, 1.54) is 12.3 Å². The fourth-order valence-electron chi connectivity index (χ4n) is 2.20. The van der Waals surface area contributed by atoms with E-state index in [-0.39, 0.29) is 11.3 Å². The van der Waals surface area contributed by atoms with Crippen molar-refractivity contribution in [2.45, 2.75) is 12.6 Å². The van der Waals surface area contributed by atoms with Gasteiger partial charge >= 0.3 is 6.18 Å². The summed E-state index contributed by atoms with van der Waals surface area (Å²) in [7, 11) is 0. The summed E-state index contributed by atoms with van der Waals surface area (Å²) in [5.41, 5.74) is -0.346. The molecule has 0 saturated carbocycles. The number of anilines is 1. The van der Waals surface area contributed by atoms with Gasteiger partial charge in [-0.2, -0.15) is 18.4 Å². The molecule has 0 aromatic heterocycles. The van der Waals surface area contributed by atoms with Crippen LogP contribution in [-0.2, 0) is 17.4 Å². The third-order valence-corrected chi connectivity index (χ3v) is 3.87. The molecule has 0 radical (unpaired) electrons. The molecule has 0 aliphatic heterocycles. The second-order valence-corrected chi connectivity index (χ2v) is 5.91. The number of nitrogens with zero attached hydrogens (tertiary/aromatic N) is 1. The van der Waals surface area contributed by atoms with Crippen LogP contribution < -0.4 is 10.6 Å². The van der Waals surface area contributed by atoms with E-state index in [9.17, 15) is 18.0 Å². The van der Waals surface area contributed by atoms with E-state index in [0.29, 0.717) is 13.0 Å². The lowest BCUT2D eigenvalue weighted by molar-refractivity contribution is -0.137. The first-order valence-electron chi connectivity index (χ1n) is 7.87. The van der Waals surface area contributed by atoms with Crippen LogP contribution in [0.4, 0.5) is 18.9 Å². The van der Waals surface area contributed by atoms with Crippen molar-refractivity contribution >= 4 is 23.2 Å². The van der Waals surface area contributed by atoms with Crippen molar-refractivity contribution in [3.8, 4) is 6.07 Å². The molecule has 1 amide bonds. The van der Waals surface area contributed by atoms with E-state index in [2.05, 4.69) is 10.6 Å². The summed E-state index contributed by atoms with van der Waals surface area (Å²) in [6.45, 7) is 0.488. The van der Waals surface area contributed by atoms with Crippen LogP contribution >= 0.6 is 11.6 Å². The van der Waals surface area contributed by atoms with Gasteiger partial charge in [-0.1, -0.05) is 41.9 Å². The Hall–Kier alpha value is -2.98. The van der Waals surface area contributed by atoms with Gasteiger partial charge in [0.2, 0.25) is 0 Å². The minimum Gasteiger partial charge on any atom is -0.389 e. The van der Waals surface area contributed by atoms with Gasteiger partial charge in [-0.3, -0.25) is 4.79 Å². The first kappa shape index (κ1) is 20.3. The van der Waals surface area contributed by atoms with Gasteiger partial charge in [0.1, 0.15) is 11.6 Å². The molecule has 2 aromatic rings. The number of amides is 1. The Balaban J connectivity index is 1.99. The van der Waals surface area contributed by atoms with E-state index >= 15 is 0 Å². The smallest absolute Gasteiger partial charge is 0.389 e. The SMILES string of the molecule is N#C/C(=C/NCCc1ccccc1)C(=O)Nc1ccc(Cl)c(C(F)(F)F)c1. The molecule has 8 heteroatoms. The Kier molecular flexibility index (Phi) is 6.85. The van der Waals surface area contributed by atoms with Gasteiger partial charge in [0.05, 0.1) is 10.6 Å². The fraction of sp³-hybridized carbons (Fsp3) is 0.158. The van der Waals surface area contributed by atoms with Crippen LogP contribution in [0.2, 0.25) is 5.02 Å². The van der Waals surface area contributed by atoms with Gasteiger partial charge in [-0.05, 0) is 30.2 Å². The topological polar surface area (TPSA) is 64.9 Å². The van der Waals surface area contributed by atoms with Crippen molar-refractivity contribution in [3.63, 3.8) is 0 Å². The lowest BCUT2D eigenvalue weighted by atomic mass is 10.1.